The van der Waals surface area contributed by atoms with Gasteiger partial charge in [-0.2, -0.15) is 0 Å². The molecular weight excluding hydrogens is 366 g/mol. The van der Waals surface area contributed by atoms with Crippen molar-refractivity contribution >= 4 is 0 Å². The van der Waals surface area contributed by atoms with Crippen LogP contribution >= 0.6 is 0 Å². The molecule has 0 saturated carbocycles. The number of hydrogen-bond acceptors (Lipinski definition) is 7. The third-order valence-corrected chi connectivity index (χ3v) is 4.91. The number of aliphatic hydroxyl groups is 1. The summed E-state index contributed by atoms with van der Waals surface area (Å²) in [6.45, 7) is 0.269. The summed E-state index contributed by atoms with van der Waals surface area (Å²) >= 11 is 0. The van der Waals surface area contributed by atoms with E-state index in [1.807, 2.05) is 60.7 Å². The van der Waals surface area contributed by atoms with Gasteiger partial charge in [-0.1, -0.05) is 60.7 Å². The van der Waals surface area contributed by atoms with Crippen molar-refractivity contribution in [3.8, 4) is 0 Å². The lowest BCUT2D eigenvalue weighted by Gasteiger charge is -2.44. The Labute approximate surface area is 161 Å². The minimum atomic E-state index is -1.46. The highest BCUT2D eigenvalue weighted by Gasteiger charge is 2.55. The lowest BCUT2D eigenvalue weighted by molar-refractivity contribution is -0.579. The van der Waals surface area contributed by atoms with Gasteiger partial charge in [-0.05, 0) is 5.56 Å². The molecule has 2 aromatic carbocycles. The Bertz CT molecular complexity index is 788. The highest BCUT2D eigenvalue weighted by molar-refractivity contribution is 5.17. The number of benzene rings is 2. The number of hydrogen-bond donors (Lipinski definition) is 1. The lowest BCUT2D eigenvalue weighted by atomic mass is 9.96. The molecule has 2 aliphatic rings. The molecule has 148 valence electrons. The molecule has 0 radical (unpaired) electrons. The minimum absolute atomic E-state index is 0.133. The van der Waals surface area contributed by atoms with Gasteiger partial charge < -0.3 is 24.1 Å². The predicted molar refractivity (Wildman–Crippen MR) is 96.7 cm³/mol. The molecule has 8 nitrogen and oxygen atoms in total. The number of aliphatic hydroxyl groups excluding tert-OH is 1. The van der Waals surface area contributed by atoms with Gasteiger partial charge in [-0.3, -0.25) is 10.1 Å². The van der Waals surface area contributed by atoms with Crippen molar-refractivity contribution in [2.45, 2.75) is 43.5 Å². The van der Waals surface area contributed by atoms with Gasteiger partial charge in [0.25, 0.3) is 6.04 Å². The summed E-state index contributed by atoms with van der Waals surface area (Å²) in [5.41, 5.74) is 1.62. The molecule has 2 heterocycles. The number of fused-ring (bicyclic) bond motifs is 1. The van der Waals surface area contributed by atoms with E-state index in [0.717, 1.165) is 11.1 Å². The summed E-state index contributed by atoms with van der Waals surface area (Å²) in [5, 5.41) is 22.3. The van der Waals surface area contributed by atoms with Crippen LogP contribution in [0.25, 0.3) is 0 Å². The second-order valence-electron chi connectivity index (χ2n) is 6.78. The molecule has 2 saturated heterocycles. The van der Waals surface area contributed by atoms with Gasteiger partial charge in [-0.15, -0.1) is 0 Å². The Hall–Kier alpha value is -2.36. The zero-order valence-electron chi connectivity index (χ0n) is 15.0. The van der Waals surface area contributed by atoms with Crippen molar-refractivity contribution in [1.82, 2.24) is 0 Å². The lowest BCUT2D eigenvalue weighted by Crippen LogP contribution is -2.64. The van der Waals surface area contributed by atoms with E-state index in [0.29, 0.717) is 0 Å². The monoisotopic (exact) mass is 387 g/mol. The van der Waals surface area contributed by atoms with E-state index in [2.05, 4.69) is 0 Å². The first-order valence-corrected chi connectivity index (χ1v) is 9.08. The summed E-state index contributed by atoms with van der Waals surface area (Å²) in [6.07, 6.45) is -4.84. The average Bonchev–Trinajstić information content (AvgIpc) is 2.73. The summed E-state index contributed by atoms with van der Waals surface area (Å²) in [6, 6.07) is 17.0. The van der Waals surface area contributed by atoms with Crippen LogP contribution in [0.1, 0.15) is 17.4 Å². The van der Waals surface area contributed by atoms with Crippen LogP contribution in [0.15, 0.2) is 60.7 Å². The highest BCUT2D eigenvalue weighted by atomic mass is 16.8. The average molecular weight is 387 g/mol. The fourth-order valence-corrected chi connectivity index (χ4v) is 3.47. The molecule has 28 heavy (non-hydrogen) atoms. The first kappa shape index (κ1) is 19.0. The number of nitro groups is 1. The van der Waals surface area contributed by atoms with Gasteiger partial charge in [0, 0.05) is 10.5 Å². The molecule has 8 heteroatoms. The third kappa shape index (κ3) is 3.91. The molecule has 2 aliphatic heterocycles. The van der Waals surface area contributed by atoms with Crippen LogP contribution in [0.2, 0.25) is 0 Å². The fourth-order valence-electron chi connectivity index (χ4n) is 3.47. The molecule has 0 aromatic heterocycles. The fraction of sp³-hybridized carbons (Fsp3) is 0.400. The van der Waals surface area contributed by atoms with Crippen molar-refractivity contribution in [2.24, 2.45) is 0 Å². The Morgan fingerprint density at radius 2 is 1.75 bits per heavy atom. The maximum absolute atomic E-state index is 11.6. The SMILES string of the molecule is O=[N+]([O-])[C@H]1[C@H](OCc2ccccc2)O[C@@H]2CO[C@@H](c3ccccc3)O[C@H]2[C@@H]1O. The van der Waals surface area contributed by atoms with Crippen molar-refractivity contribution in [3.63, 3.8) is 0 Å². The topological polar surface area (TPSA) is 100 Å². The van der Waals surface area contributed by atoms with E-state index >= 15 is 0 Å². The second kappa shape index (κ2) is 8.34. The predicted octanol–water partition coefficient (Wildman–Crippen LogP) is 2.05. The smallest absolute Gasteiger partial charge is 0.291 e. The maximum atomic E-state index is 11.6. The van der Waals surface area contributed by atoms with E-state index in [9.17, 15) is 15.2 Å². The first-order valence-electron chi connectivity index (χ1n) is 9.08. The molecule has 0 amide bonds. The quantitative estimate of drug-likeness (QED) is 0.619. The Morgan fingerprint density at radius 1 is 1.07 bits per heavy atom. The van der Waals surface area contributed by atoms with Gasteiger partial charge in [0.2, 0.25) is 6.29 Å². The maximum Gasteiger partial charge on any atom is 0.291 e. The van der Waals surface area contributed by atoms with Gasteiger partial charge in [0.05, 0.1) is 13.2 Å². The van der Waals surface area contributed by atoms with Crippen LogP contribution in [0.5, 0.6) is 0 Å². The van der Waals surface area contributed by atoms with E-state index < -0.39 is 41.9 Å². The number of nitrogens with zero attached hydrogens (tertiary/aromatic N) is 1. The first-order chi connectivity index (χ1) is 13.6. The third-order valence-electron chi connectivity index (χ3n) is 4.91. The van der Waals surface area contributed by atoms with Crippen LogP contribution in [-0.2, 0) is 25.6 Å². The Kier molecular flexibility index (Phi) is 5.65. The molecule has 6 atom stereocenters. The van der Waals surface area contributed by atoms with Crippen LogP contribution in [0.3, 0.4) is 0 Å². The minimum Gasteiger partial charge on any atom is -0.383 e. The van der Waals surface area contributed by atoms with Crippen LogP contribution in [0.4, 0.5) is 0 Å². The molecule has 0 spiro atoms. The molecule has 4 rings (SSSR count). The summed E-state index contributed by atoms with van der Waals surface area (Å²) in [4.78, 5) is 11.0. The second-order valence-corrected chi connectivity index (χ2v) is 6.78. The Morgan fingerprint density at radius 3 is 2.43 bits per heavy atom. The highest BCUT2D eigenvalue weighted by Crippen LogP contribution is 2.35. The largest absolute Gasteiger partial charge is 0.383 e. The molecule has 2 aromatic rings. The normalized spacial score (nSPS) is 32.5. The van der Waals surface area contributed by atoms with Crippen LogP contribution in [-0.4, -0.2) is 47.3 Å². The summed E-state index contributed by atoms with van der Waals surface area (Å²) < 4.78 is 22.9. The van der Waals surface area contributed by atoms with Crippen molar-refractivity contribution in [2.75, 3.05) is 6.61 Å². The van der Waals surface area contributed by atoms with Crippen molar-refractivity contribution in [1.29, 1.82) is 0 Å². The van der Waals surface area contributed by atoms with E-state index in [-0.39, 0.29) is 13.2 Å². The number of ether oxygens (including phenoxy) is 4. The number of rotatable bonds is 5. The molecule has 0 bridgehead atoms. The molecule has 1 N–H and O–H groups in total. The van der Waals surface area contributed by atoms with Crippen molar-refractivity contribution < 1.29 is 29.0 Å². The Balaban J connectivity index is 1.47. The molecule has 0 aliphatic carbocycles. The van der Waals surface area contributed by atoms with Crippen LogP contribution in [0, 0.1) is 10.1 Å². The standard InChI is InChI=1S/C20H21NO7/c22-17-16(21(23)24)20(25-11-13-7-3-1-4-8-13)27-15-12-26-19(28-18(15)17)14-9-5-2-6-10-14/h1-10,15-20,22H,11-12H2/t15-,16-,17-,18-,19-,20-/m1/s1. The summed E-state index contributed by atoms with van der Waals surface area (Å²) in [5.74, 6) is 0. The van der Waals surface area contributed by atoms with E-state index in [4.69, 9.17) is 18.9 Å². The van der Waals surface area contributed by atoms with E-state index in [1.54, 1.807) is 0 Å². The van der Waals surface area contributed by atoms with Crippen LogP contribution < -0.4 is 0 Å². The van der Waals surface area contributed by atoms with Gasteiger partial charge in [0.1, 0.15) is 12.2 Å². The van der Waals surface area contributed by atoms with Gasteiger partial charge in [0.15, 0.2) is 12.4 Å². The molecule has 2 fully saturated rings. The summed E-state index contributed by atoms with van der Waals surface area (Å²) in [7, 11) is 0. The zero-order chi connectivity index (χ0) is 19.5. The molecular formula is C20H21NO7. The van der Waals surface area contributed by atoms with E-state index in [1.165, 1.54) is 0 Å². The zero-order valence-corrected chi connectivity index (χ0v) is 15.0. The van der Waals surface area contributed by atoms with Crippen molar-refractivity contribution in [3.05, 3.63) is 81.9 Å². The molecule has 0 unspecified atom stereocenters. The van der Waals surface area contributed by atoms with Gasteiger partial charge >= 0.3 is 0 Å². The van der Waals surface area contributed by atoms with Gasteiger partial charge in [-0.25, -0.2) is 0 Å².